The highest BCUT2D eigenvalue weighted by Gasteiger charge is 2.22. The van der Waals surface area contributed by atoms with Gasteiger partial charge in [-0.3, -0.25) is 14.5 Å². The lowest BCUT2D eigenvalue weighted by molar-refractivity contribution is -0.137. The van der Waals surface area contributed by atoms with Crippen molar-refractivity contribution in [2.75, 3.05) is 14.1 Å². The van der Waals surface area contributed by atoms with Gasteiger partial charge < -0.3 is 5.11 Å². The molecule has 0 spiro atoms. The maximum atomic E-state index is 12.2. The number of carbonyl (C=O) groups is 2. The number of hydrogen-bond donors (Lipinski definition) is 1. The van der Waals surface area contributed by atoms with Crippen LogP contribution in [0, 0.1) is 0 Å². The van der Waals surface area contributed by atoms with Crippen LogP contribution in [0.2, 0.25) is 0 Å². The molecule has 0 saturated heterocycles. The van der Waals surface area contributed by atoms with E-state index in [1.54, 1.807) is 43.3 Å². The Morgan fingerprint density at radius 2 is 1.82 bits per heavy atom. The van der Waals surface area contributed by atoms with Crippen LogP contribution in [0.25, 0.3) is 0 Å². The van der Waals surface area contributed by atoms with Gasteiger partial charge in [0.25, 0.3) is 0 Å². The lowest BCUT2D eigenvalue weighted by Crippen LogP contribution is -2.36. The normalized spacial score (nSPS) is 12.4. The molecule has 1 unspecified atom stereocenters. The summed E-state index contributed by atoms with van der Waals surface area (Å²) in [6, 6.07) is 8.57. The van der Waals surface area contributed by atoms with Gasteiger partial charge in [0.2, 0.25) is 0 Å². The van der Waals surface area contributed by atoms with Crippen LogP contribution in [0.15, 0.2) is 30.3 Å². The summed E-state index contributed by atoms with van der Waals surface area (Å²) in [5.74, 6) is -0.908. The maximum Gasteiger partial charge on any atom is 0.303 e. The van der Waals surface area contributed by atoms with Crippen molar-refractivity contribution < 1.29 is 14.7 Å². The van der Waals surface area contributed by atoms with E-state index in [2.05, 4.69) is 0 Å². The number of carboxylic acid groups (broad SMARTS) is 1. The van der Waals surface area contributed by atoms with Crippen molar-refractivity contribution in [2.24, 2.45) is 0 Å². The van der Waals surface area contributed by atoms with Crippen molar-refractivity contribution >= 4 is 11.8 Å². The highest BCUT2D eigenvalue weighted by Crippen LogP contribution is 2.11. The zero-order valence-electron chi connectivity index (χ0n) is 10.1. The standard InChI is InChI=1S/C13H17NO3/c1-14(2)11(8-9-12(15)16)13(17)10-6-4-3-5-7-10/h3-7,11H,8-9H2,1-2H3,(H,15,16). The SMILES string of the molecule is CN(C)C(CCC(=O)O)C(=O)c1ccccc1. The molecule has 0 aliphatic carbocycles. The van der Waals surface area contributed by atoms with Crippen LogP contribution in [-0.2, 0) is 4.79 Å². The number of Topliss-reactive ketones (excluding diaryl/α,β-unsaturated/α-hetero) is 1. The monoisotopic (exact) mass is 235 g/mol. The van der Waals surface area contributed by atoms with E-state index in [1.165, 1.54) is 0 Å². The second-order valence-corrected chi connectivity index (χ2v) is 4.14. The van der Waals surface area contributed by atoms with E-state index >= 15 is 0 Å². The first-order valence-corrected chi connectivity index (χ1v) is 5.50. The minimum absolute atomic E-state index is 0.00141. The topological polar surface area (TPSA) is 57.6 Å². The molecule has 0 bridgehead atoms. The third-order valence-electron chi connectivity index (χ3n) is 2.62. The third-order valence-corrected chi connectivity index (χ3v) is 2.62. The van der Waals surface area contributed by atoms with Crippen molar-refractivity contribution in [1.82, 2.24) is 4.90 Å². The number of ketones is 1. The molecular weight excluding hydrogens is 218 g/mol. The van der Waals surface area contributed by atoms with Crippen LogP contribution in [-0.4, -0.2) is 41.9 Å². The Morgan fingerprint density at radius 3 is 2.29 bits per heavy atom. The Bertz CT molecular complexity index is 387. The average molecular weight is 235 g/mol. The average Bonchev–Trinajstić information content (AvgIpc) is 2.29. The van der Waals surface area contributed by atoms with Gasteiger partial charge in [0, 0.05) is 12.0 Å². The van der Waals surface area contributed by atoms with E-state index in [1.807, 2.05) is 6.07 Å². The van der Waals surface area contributed by atoms with Gasteiger partial charge in [-0.05, 0) is 20.5 Å². The fraction of sp³-hybridized carbons (Fsp3) is 0.385. The highest BCUT2D eigenvalue weighted by molar-refractivity contribution is 6.00. The molecule has 0 aliphatic heterocycles. The van der Waals surface area contributed by atoms with Gasteiger partial charge in [-0.1, -0.05) is 30.3 Å². The van der Waals surface area contributed by atoms with Crippen LogP contribution in [0.3, 0.4) is 0 Å². The van der Waals surface area contributed by atoms with Gasteiger partial charge >= 0.3 is 5.97 Å². The minimum atomic E-state index is -0.877. The lowest BCUT2D eigenvalue weighted by atomic mass is 9.99. The van der Waals surface area contributed by atoms with Crippen LogP contribution in [0.5, 0.6) is 0 Å². The summed E-state index contributed by atoms with van der Waals surface area (Å²) in [6.45, 7) is 0. The molecule has 0 fully saturated rings. The van der Waals surface area contributed by atoms with Gasteiger partial charge in [0.15, 0.2) is 5.78 Å². The van der Waals surface area contributed by atoms with E-state index in [4.69, 9.17) is 5.11 Å². The highest BCUT2D eigenvalue weighted by atomic mass is 16.4. The summed E-state index contributed by atoms with van der Waals surface area (Å²) in [5, 5.41) is 8.67. The van der Waals surface area contributed by atoms with Crippen LogP contribution in [0.4, 0.5) is 0 Å². The Morgan fingerprint density at radius 1 is 1.24 bits per heavy atom. The molecule has 1 rings (SSSR count). The molecule has 0 radical (unpaired) electrons. The van der Waals surface area contributed by atoms with Crippen LogP contribution in [0.1, 0.15) is 23.2 Å². The Labute approximate surface area is 101 Å². The molecule has 1 aromatic carbocycles. The molecule has 17 heavy (non-hydrogen) atoms. The first kappa shape index (κ1) is 13.4. The molecule has 1 N–H and O–H groups in total. The van der Waals surface area contributed by atoms with Gasteiger partial charge in [-0.25, -0.2) is 0 Å². The number of rotatable bonds is 6. The second kappa shape index (κ2) is 6.15. The number of nitrogens with zero attached hydrogens (tertiary/aromatic N) is 1. The molecule has 1 aromatic rings. The zero-order chi connectivity index (χ0) is 12.8. The molecule has 1 atom stereocenters. The Kier molecular flexibility index (Phi) is 4.84. The zero-order valence-corrected chi connectivity index (χ0v) is 10.1. The largest absolute Gasteiger partial charge is 0.481 e. The van der Waals surface area contributed by atoms with Crippen LogP contribution < -0.4 is 0 Å². The van der Waals surface area contributed by atoms with E-state index in [0.717, 1.165) is 0 Å². The van der Waals surface area contributed by atoms with Gasteiger partial charge in [0.1, 0.15) is 0 Å². The number of aliphatic carboxylic acids is 1. The van der Waals surface area contributed by atoms with E-state index in [0.29, 0.717) is 12.0 Å². The Balaban J connectivity index is 2.77. The van der Waals surface area contributed by atoms with Gasteiger partial charge in [0.05, 0.1) is 6.04 Å². The summed E-state index contributed by atoms with van der Waals surface area (Å²) in [6.07, 6.45) is 0.331. The molecule has 0 saturated carbocycles. The summed E-state index contributed by atoms with van der Waals surface area (Å²) in [5.41, 5.74) is 0.622. The van der Waals surface area contributed by atoms with E-state index < -0.39 is 5.97 Å². The number of carboxylic acids is 1. The summed E-state index contributed by atoms with van der Waals surface area (Å²) in [4.78, 5) is 24.5. The third kappa shape index (κ3) is 4.00. The van der Waals surface area contributed by atoms with Crippen molar-refractivity contribution in [3.8, 4) is 0 Å². The lowest BCUT2D eigenvalue weighted by Gasteiger charge is -2.22. The molecule has 92 valence electrons. The number of benzene rings is 1. The quantitative estimate of drug-likeness (QED) is 0.762. The van der Waals surface area contributed by atoms with Crippen molar-refractivity contribution in [3.05, 3.63) is 35.9 Å². The van der Waals surface area contributed by atoms with Gasteiger partial charge in [-0.2, -0.15) is 0 Å². The second-order valence-electron chi connectivity index (χ2n) is 4.14. The summed E-state index contributed by atoms with van der Waals surface area (Å²) >= 11 is 0. The van der Waals surface area contributed by atoms with Crippen molar-refractivity contribution in [1.29, 1.82) is 0 Å². The first-order valence-electron chi connectivity index (χ1n) is 5.50. The van der Waals surface area contributed by atoms with Crippen LogP contribution >= 0.6 is 0 Å². The predicted molar refractivity (Wildman–Crippen MR) is 65.1 cm³/mol. The molecule has 4 heteroatoms. The number of carbonyl (C=O) groups excluding carboxylic acids is 1. The van der Waals surface area contributed by atoms with E-state index in [9.17, 15) is 9.59 Å². The Hall–Kier alpha value is -1.68. The predicted octanol–water partition coefficient (Wildman–Crippen LogP) is 1.66. The first-order chi connectivity index (χ1) is 8.02. The van der Waals surface area contributed by atoms with Gasteiger partial charge in [-0.15, -0.1) is 0 Å². The molecule has 0 amide bonds. The fourth-order valence-corrected chi connectivity index (χ4v) is 1.68. The molecule has 0 aromatic heterocycles. The maximum absolute atomic E-state index is 12.2. The summed E-state index contributed by atoms with van der Waals surface area (Å²) in [7, 11) is 3.57. The number of likely N-dealkylation sites (N-methyl/N-ethyl adjacent to an activating group) is 1. The molecule has 0 aliphatic rings. The molecule has 4 nitrogen and oxygen atoms in total. The smallest absolute Gasteiger partial charge is 0.303 e. The van der Waals surface area contributed by atoms with Crippen molar-refractivity contribution in [2.45, 2.75) is 18.9 Å². The fourth-order valence-electron chi connectivity index (χ4n) is 1.68. The molecule has 0 heterocycles. The summed E-state index contributed by atoms with van der Waals surface area (Å²) < 4.78 is 0. The minimum Gasteiger partial charge on any atom is -0.481 e. The van der Waals surface area contributed by atoms with E-state index in [-0.39, 0.29) is 18.2 Å². The number of hydrogen-bond acceptors (Lipinski definition) is 3. The van der Waals surface area contributed by atoms with Crippen molar-refractivity contribution in [3.63, 3.8) is 0 Å². The molecular formula is C13H17NO3.